The van der Waals surface area contributed by atoms with E-state index in [0.29, 0.717) is 5.56 Å². The Balaban J connectivity index is 3.15. The van der Waals surface area contributed by atoms with Crippen molar-refractivity contribution in [2.24, 2.45) is 0 Å². The van der Waals surface area contributed by atoms with Crippen molar-refractivity contribution in [1.29, 1.82) is 0 Å². The van der Waals surface area contributed by atoms with Gasteiger partial charge >= 0.3 is 7.60 Å². The lowest BCUT2D eigenvalue weighted by Gasteiger charge is -2.31. The third-order valence-corrected chi connectivity index (χ3v) is 5.57. The topological polar surface area (TPSA) is 55.8 Å². The summed E-state index contributed by atoms with van der Waals surface area (Å²) in [6.45, 7) is 5.29. The molecule has 0 spiro atoms. The Hall–Kier alpha value is -0.190. The number of hydrogen-bond donors (Lipinski definition) is 1. The van der Waals surface area contributed by atoms with Gasteiger partial charge in [-0.05, 0) is 38.5 Å². The van der Waals surface area contributed by atoms with Crippen LogP contribution in [0.2, 0.25) is 0 Å². The summed E-state index contributed by atoms with van der Waals surface area (Å²) in [7, 11) is -3.62. The molecule has 18 heavy (non-hydrogen) atoms. The lowest BCUT2D eigenvalue weighted by molar-refractivity contribution is 0.0802. The largest absolute Gasteiger partial charge is 0.373 e. The zero-order chi connectivity index (χ0) is 13.8. The standard InChI is InChI=1S/C12H18BrO4P/c1-4-16-18(15,17-5-2)12(3,14)10-6-8-11(13)9-7-10/h6-9,14H,4-5H2,1-3H3/t12-/m0/s1. The molecular formula is C12H18BrO4P. The fourth-order valence-electron chi connectivity index (χ4n) is 1.55. The fraction of sp³-hybridized carbons (Fsp3) is 0.500. The van der Waals surface area contributed by atoms with E-state index in [-0.39, 0.29) is 13.2 Å². The van der Waals surface area contributed by atoms with Gasteiger partial charge in [-0.15, -0.1) is 0 Å². The van der Waals surface area contributed by atoms with Gasteiger partial charge in [0.25, 0.3) is 0 Å². The first-order valence-electron chi connectivity index (χ1n) is 5.75. The first-order chi connectivity index (χ1) is 8.37. The molecule has 6 heteroatoms. The van der Waals surface area contributed by atoms with E-state index in [4.69, 9.17) is 9.05 Å². The van der Waals surface area contributed by atoms with Gasteiger partial charge in [0.2, 0.25) is 0 Å². The van der Waals surface area contributed by atoms with Crippen molar-refractivity contribution in [2.75, 3.05) is 13.2 Å². The van der Waals surface area contributed by atoms with Crippen LogP contribution in [0, 0.1) is 0 Å². The Morgan fingerprint density at radius 1 is 1.22 bits per heavy atom. The summed E-state index contributed by atoms with van der Waals surface area (Å²) in [6.07, 6.45) is 0. The smallest absolute Gasteiger partial charge is 0.366 e. The van der Waals surface area contributed by atoms with Crippen molar-refractivity contribution in [3.05, 3.63) is 34.3 Å². The van der Waals surface area contributed by atoms with Crippen LogP contribution < -0.4 is 0 Å². The maximum Gasteiger partial charge on any atom is 0.366 e. The zero-order valence-electron chi connectivity index (χ0n) is 10.7. The van der Waals surface area contributed by atoms with Crippen LogP contribution in [0.3, 0.4) is 0 Å². The molecule has 0 saturated heterocycles. The summed E-state index contributed by atoms with van der Waals surface area (Å²) in [4.78, 5) is 0. The van der Waals surface area contributed by atoms with Gasteiger partial charge in [0.15, 0.2) is 5.34 Å². The zero-order valence-corrected chi connectivity index (χ0v) is 13.2. The van der Waals surface area contributed by atoms with Gasteiger partial charge in [-0.25, -0.2) is 0 Å². The molecule has 4 nitrogen and oxygen atoms in total. The van der Waals surface area contributed by atoms with E-state index in [2.05, 4.69) is 15.9 Å². The number of halogens is 1. The summed E-state index contributed by atoms with van der Waals surface area (Å²) in [5.41, 5.74) is 0.496. The van der Waals surface area contributed by atoms with E-state index >= 15 is 0 Å². The van der Waals surface area contributed by atoms with Crippen LogP contribution in [0.5, 0.6) is 0 Å². The highest BCUT2D eigenvalue weighted by Gasteiger charge is 2.47. The van der Waals surface area contributed by atoms with E-state index < -0.39 is 12.9 Å². The lowest BCUT2D eigenvalue weighted by atomic mass is 10.1. The number of benzene rings is 1. The van der Waals surface area contributed by atoms with Gasteiger partial charge in [0, 0.05) is 4.47 Å². The molecule has 0 aromatic heterocycles. The normalized spacial score (nSPS) is 15.4. The first-order valence-corrected chi connectivity index (χ1v) is 8.08. The number of rotatable bonds is 6. The second-order valence-electron chi connectivity index (χ2n) is 3.86. The second-order valence-corrected chi connectivity index (χ2v) is 7.16. The molecule has 0 unspecified atom stereocenters. The monoisotopic (exact) mass is 336 g/mol. The SMILES string of the molecule is CCOP(=O)(OCC)[C@](C)(O)c1ccc(Br)cc1. The molecule has 1 aromatic carbocycles. The number of aliphatic hydroxyl groups is 1. The summed E-state index contributed by atoms with van der Waals surface area (Å²) in [6, 6.07) is 6.92. The third-order valence-electron chi connectivity index (χ3n) is 2.52. The molecule has 1 N–H and O–H groups in total. The molecule has 0 saturated carbocycles. The highest BCUT2D eigenvalue weighted by molar-refractivity contribution is 9.10. The molecule has 1 aromatic rings. The lowest BCUT2D eigenvalue weighted by Crippen LogP contribution is -2.24. The predicted octanol–water partition coefficient (Wildman–Crippen LogP) is 3.88. The highest BCUT2D eigenvalue weighted by Crippen LogP contribution is 2.63. The molecule has 0 fully saturated rings. The Labute approximate surface area is 116 Å². The Morgan fingerprint density at radius 2 is 1.67 bits per heavy atom. The molecule has 1 rings (SSSR count). The minimum Gasteiger partial charge on any atom is -0.373 e. The van der Waals surface area contributed by atoms with Gasteiger partial charge in [-0.2, -0.15) is 0 Å². The molecular weight excluding hydrogens is 319 g/mol. The molecule has 0 aliphatic rings. The first kappa shape index (κ1) is 15.9. The average Bonchev–Trinajstić information content (AvgIpc) is 2.30. The van der Waals surface area contributed by atoms with Gasteiger partial charge < -0.3 is 14.2 Å². The molecule has 0 bridgehead atoms. The maximum absolute atomic E-state index is 12.6. The van der Waals surface area contributed by atoms with Crippen LogP contribution in [0.15, 0.2) is 28.7 Å². The summed E-state index contributed by atoms with van der Waals surface area (Å²) >= 11 is 3.31. The fourth-order valence-corrected chi connectivity index (χ4v) is 3.54. The van der Waals surface area contributed by atoms with Gasteiger partial charge in [-0.3, -0.25) is 4.57 Å². The van der Waals surface area contributed by atoms with Crippen LogP contribution >= 0.6 is 23.5 Å². The van der Waals surface area contributed by atoms with Crippen molar-refractivity contribution >= 4 is 23.5 Å². The average molecular weight is 337 g/mol. The van der Waals surface area contributed by atoms with Crippen LogP contribution in [0.1, 0.15) is 26.3 Å². The molecule has 0 amide bonds. The van der Waals surface area contributed by atoms with E-state index in [0.717, 1.165) is 4.47 Å². The van der Waals surface area contributed by atoms with Crippen molar-refractivity contribution in [1.82, 2.24) is 0 Å². The summed E-state index contributed by atoms with van der Waals surface area (Å²) < 4.78 is 23.9. The summed E-state index contributed by atoms with van der Waals surface area (Å²) in [5.74, 6) is 0. The van der Waals surface area contributed by atoms with Gasteiger partial charge in [-0.1, -0.05) is 28.1 Å². The molecule has 0 radical (unpaired) electrons. The molecule has 102 valence electrons. The Bertz CT molecular complexity index is 420. The molecule has 0 aliphatic heterocycles. The quantitative estimate of drug-likeness (QED) is 0.801. The number of hydrogen-bond acceptors (Lipinski definition) is 4. The third kappa shape index (κ3) is 3.22. The van der Waals surface area contributed by atoms with E-state index in [1.807, 2.05) is 0 Å². The molecule has 0 heterocycles. The molecule has 1 atom stereocenters. The van der Waals surface area contributed by atoms with Crippen LogP contribution in [0.4, 0.5) is 0 Å². The Kier molecular flexibility index (Phi) is 5.56. The maximum atomic E-state index is 12.6. The van der Waals surface area contributed by atoms with Crippen molar-refractivity contribution in [3.8, 4) is 0 Å². The predicted molar refractivity (Wildman–Crippen MR) is 74.6 cm³/mol. The summed E-state index contributed by atoms with van der Waals surface area (Å²) in [5, 5.41) is 8.86. The molecule has 0 aliphatic carbocycles. The van der Waals surface area contributed by atoms with Crippen molar-refractivity contribution < 1.29 is 18.7 Å². The van der Waals surface area contributed by atoms with Gasteiger partial charge in [0.1, 0.15) is 0 Å². The minimum atomic E-state index is -3.62. The van der Waals surface area contributed by atoms with Crippen LogP contribution in [-0.2, 0) is 19.0 Å². The van der Waals surface area contributed by atoms with E-state index in [1.165, 1.54) is 6.92 Å². The minimum absolute atomic E-state index is 0.212. The van der Waals surface area contributed by atoms with Crippen LogP contribution in [-0.4, -0.2) is 18.3 Å². The van der Waals surface area contributed by atoms with E-state index in [1.54, 1.807) is 38.1 Å². The van der Waals surface area contributed by atoms with Gasteiger partial charge in [0.05, 0.1) is 13.2 Å². The van der Waals surface area contributed by atoms with E-state index in [9.17, 15) is 9.67 Å². The Morgan fingerprint density at radius 3 is 2.06 bits per heavy atom. The van der Waals surface area contributed by atoms with Crippen molar-refractivity contribution in [3.63, 3.8) is 0 Å². The van der Waals surface area contributed by atoms with Crippen LogP contribution in [0.25, 0.3) is 0 Å². The van der Waals surface area contributed by atoms with Crippen molar-refractivity contribution in [2.45, 2.75) is 26.1 Å². The highest BCUT2D eigenvalue weighted by atomic mass is 79.9. The second kappa shape index (κ2) is 6.31.